The van der Waals surface area contributed by atoms with Gasteiger partial charge in [0.1, 0.15) is 35.6 Å². The van der Waals surface area contributed by atoms with Crippen molar-refractivity contribution in [3.63, 3.8) is 0 Å². The largest absolute Gasteiger partial charge is 0.504 e. The summed E-state index contributed by atoms with van der Waals surface area (Å²) in [5, 5.41) is 14.6. The fourth-order valence-corrected chi connectivity index (χ4v) is 8.29. The molecule has 3 nitrogen and oxygen atoms in total. The van der Waals surface area contributed by atoms with E-state index in [1.54, 1.807) is 12.1 Å². The lowest BCUT2D eigenvalue weighted by molar-refractivity contribution is 0.112. The Kier molecular flexibility index (Phi) is 6.16. The van der Waals surface area contributed by atoms with Crippen LogP contribution in [0.4, 0.5) is 0 Å². The van der Waals surface area contributed by atoms with Gasteiger partial charge in [-0.1, -0.05) is 54.6 Å². The molecule has 0 spiro atoms. The molecular formula is C27H24O3P+. The topological polar surface area (TPSA) is 46.5 Å². The van der Waals surface area contributed by atoms with Gasteiger partial charge in [-0.25, -0.2) is 0 Å². The van der Waals surface area contributed by atoms with Crippen LogP contribution in [0, 0.1) is 0 Å². The Morgan fingerprint density at radius 1 is 0.774 bits per heavy atom. The van der Waals surface area contributed by atoms with Gasteiger partial charge < -0.3 is 9.84 Å². The Morgan fingerprint density at radius 3 is 1.61 bits per heavy atom. The molecule has 0 fully saturated rings. The van der Waals surface area contributed by atoms with E-state index in [9.17, 15) is 9.90 Å². The van der Waals surface area contributed by atoms with Gasteiger partial charge >= 0.3 is 0 Å². The van der Waals surface area contributed by atoms with Crippen LogP contribution in [0.25, 0.3) is 0 Å². The second-order valence-corrected chi connectivity index (χ2v) is 10.8. The lowest BCUT2D eigenvalue weighted by atomic mass is 10.1. The van der Waals surface area contributed by atoms with Crippen LogP contribution in [-0.4, -0.2) is 18.5 Å². The second kappa shape index (κ2) is 9.16. The summed E-state index contributed by atoms with van der Waals surface area (Å²) in [4.78, 5) is 11.6. The third-order valence-electron chi connectivity index (χ3n) is 5.53. The van der Waals surface area contributed by atoms with Gasteiger partial charge in [-0.3, -0.25) is 4.79 Å². The minimum absolute atomic E-state index is 0.0836. The number of aldehydes is 1. The molecule has 0 aliphatic heterocycles. The number of ether oxygens (including phenoxy) is 1. The van der Waals surface area contributed by atoms with E-state index in [0.29, 0.717) is 23.0 Å². The number of aromatic hydroxyl groups is 1. The molecular weight excluding hydrogens is 403 g/mol. The fraction of sp³-hybridized carbons (Fsp3) is 0.0741. The van der Waals surface area contributed by atoms with E-state index in [1.165, 1.54) is 23.0 Å². The van der Waals surface area contributed by atoms with Gasteiger partial charge in [-0.2, -0.15) is 0 Å². The van der Waals surface area contributed by atoms with E-state index in [0.717, 1.165) is 6.29 Å². The lowest BCUT2D eigenvalue weighted by Gasteiger charge is -2.28. The predicted octanol–water partition coefficient (Wildman–Crippen LogP) is 4.71. The Morgan fingerprint density at radius 2 is 1.23 bits per heavy atom. The van der Waals surface area contributed by atoms with Crippen LogP contribution in [0.2, 0.25) is 0 Å². The molecule has 0 aliphatic carbocycles. The van der Waals surface area contributed by atoms with Crippen molar-refractivity contribution >= 4 is 29.5 Å². The number of phenolic OH excluding ortho intramolecular Hbond substituents is 1. The molecule has 0 saturated carbocycles. The molecule has 4 heteroatoms. The van der Waals surface area contributed by atoms with E-state index in [4.69, 9.17) is 4.74 Å². The summed E-state index contributed by atoms with van der Waals surface area (Å²) in [6.45, 7) is 0. The SMILES string of the molecule is COc1cc(C=O)cc(C[P+](c2ccccc2)(c2ccccc2)c2ccccc2)c1O. The number of hydrogen-bond donors (Lipinski definition) is 1. The number of hydrogen-bond acceptors (Lipinski definition) is 3. The van der Waals surface area contributed by atoms with Crippen molar-refractivity contribution in [2.45, 2.75) is 6.16 Å². The summed E-state index contributed by atoms with van der Waals surface area (Å²) in [7, 11) is -0.693. The molecule has 0 atom stereocenters. The highest BCUT2D eigenvalue weighted by atomic mass is 31.2. The Hall–Kier alpha value is -3.42. The van der Waals surface area contributed by atoms with Gasteiger partial charge in [0.15, 0.2) is 11.5 Å². The van der Waals surface area contributed by atoms with Gasteiger partial charge in [-0.15, -0.1) is 0 Å². The Balaban J connectivity index is 2.03. The zero-order valence-corrected chi connectivity index (χ0v) is 18.2. The van der Waals surface area contributed by atoms with Crippen LogP contribution >= 0.6 is 7.26 Å². The zero-order chi connectivity index (χ0) is 21.7. The third-order valence-corrected chi connectivity index (χ3v) is 9.88. The van der Waals surface area contributed by atoms with Gasteiger partial charge in [0.25, 0.3) is 0 Å². The normalized spacial score (nSPS) is 11.1. The number of carbonyl (C=O) groups is 1. The number of rotatable bonds is 7. The molecule has 0 radical (unpaired) electrons. The molecule has 4 rings (SSSR count). The van der Waals surface area contributed by atoms with Crippen molar-refractivity contribution in [2.75, 3.05) is 7.11 Å². The molecule has 0 aromatic heterocycles. The lowest BCUT2D eigenvalue weighted by Crippen LogP contribution is -2.32. The predicted molar refractivity (Wildman–Crippen MR) is 129 cm³/mol. The molecule has 0 heterocycles. The first kappa shape index (κ1) is 20.8. The summed E-state index contributed by atoms with van der Waals surface area (Å²) in [5.74, 6) is 0.396. The maximum atomic E-state index is 11.6. The summed E-state index contributed by atoms with van der Waals surface area (Å²) < 4.78 is 5.36. The first-order valence-corrected chi connectivity index (χ1v) is 12.1. The molecule has 0 unspecified atom stereocenters. The Labute approximate surface area is 183 Å². The van der Waals surface area contributed by atoms with Crippen molar-refractivity contribution in [3.05, 3.63) is 114 Å². The van der Waals surface area contributed by atoms with E-state index < -0.39 is 7.26 Å². The zero-order valence-electron chi connectivity index (χ0n) is 17.3. The second-order valence-electron chi connectivity index (χ2n) is 7.32. The fourth-order valence-electron chi connectivity index (χ4n) is 4.06. The van der Waals surface area contributed by atoms with Crippen molar-refractivity contribution < 1.29 is 14.6 Å². The quantitative estimate of drug-likeness (QED) is 0.343. The number of carbonyl (C=O) groups excluding carboxylic acids is 1. The highest BCUT2D eigenvalue weighted by Gasteiger charge is 2.46. The van der Waals surface area contributed by atoms with E-state index in [1.807, 2.05) is 18.2 Å². The average Bonchev–Trinajstić information content (AvgIpc) is 2.85. The number of phenols is 1. The summed E-state index contributed by atoms with van der Waals surface area (Å²) >= 11 is 0. The number of methoxy groups -OCH3 is 1. The highest BCUT2D eigenvalue weighted by Crippen LogP contribution is 2.59. The minimum atomic E-state index is -2.19. The van der Waals surface area contributed by atoms with Gasteiger partial charge in [0.2, 0.25) is 0 Å². The standard InChI is InChI=1S/C27H23O3P/c1-30-26-18-21(19-28)17-22(27(26)29)20-31(23-11-5-2-6-12-23,24-13-7-3-8-14-24)25-15-9-4-10-16-25/h2-19H,20H2,1H3/p+1. The van der Waals surface area contributed by atoms with Crippen molar-refractivity contribution in [3.8, 4) is 11.5 Å². The maximum absolute atomic E-state index is 11.6. The molecule has 0 aliphatic rings. The molecule has 4 aromatic rings. The summed E-state index contributed by atoms with van der Waals surface area (Å²) in [6, 6.07) is 34.7. The van der Waals surface area contributed by atoms with E-state index >= 15 is 0 Å². The van der Waals surface area contributed by atoms with Crippen molar-refractivity contribution in [1.29, 1.82) is 0 Å². The molecule has 154 valence electrons. The maximum Gasteiger partial charge on any atom is 0.164 e. The van der Waals surface area contributed by atoms with Gasteiger partial charge in [-0.05, 0) is 48.5 Å². The molecule has 31 heavy (non-hydrogen) atoms. The third kappa shape index (κ3) is 3.97. The molecule has 0 amide bonds. The summed E-state index contributed by atoms with van der Waals surface area (Å²) in [5.41, 5.74) is 1.18. The van der Waals surface area contributed by atoms with Gasteiger partial charge in [0, 0.05) is 11.1 Å². The van der Waals surface area contributed by atoms with Crippen LogP contribution in [0.5, 0.6) is 11.5 Å². The minimum Gasteiger partial charge on any atom is -0.504 e. The van der Waals surface area contributed by atoms with Crippen LogP contribution in [0.15, 0.2) is 103 Å². The summed E-state index contributed by atoms with van der Waals surface area (Å²) in [6.07, 6.45) is 1.36. The first-order chi connectivity index (χ1) is 15.2. The van der Waals surface area contributed by atoms with E-state index in [-0.39, 0.29) is 5.75 Å². The average molecular weight is 427 g/mol. The first-order valence-electron chi connectivity index (χ1n) is 10.1. The van der Waals surface area contributed by atoms with E-state index in [2.05, 4.69) is 72.8 Å². The molecule has 1 N–H and O–H groups in total. The van der Waals surface area contributed by atoms with Crippen LogP contribution in [-0.2, 0) is 6.16 Å². The molecule has 4 aromatic carbocycles. The van der Waals surface area contributed by atoms with Crippen molar-refractivity contribution in [2.24, 2.45) is 0 Å². The monoisotopic (exact) mass is 427 g/mol. The number of benzene rings is 4. The van der Waals surface area contributed by atoms with Crippen molar-refractivity contribution in [1.82, 2.24) is 0 Å². The van der Waals surface area contributed by atoms with Gasteiger partial charge in [0.05, 0.1) is 7.11 Å². The van der Waals surface area contributed by atoms with Crippen LogP contribution < -0.4 is 20.7 Å². The highest BCUT2D eigenvalue weighted by molar-refractivity contribution is 7.95. The molecule has 0 saturated heterocycles. The smallest absolute Gasteiger partial charge is 0.164 e. The molecule has 0 bridgehead atoms. The van der Waals surface area contributed by atoms with Crippen LogP contribution in [0.1, 0.15) is 15.9 Å². The van der Waals surface area contributed by atoms with Crippen LogP contribution in [0.3, 0.4) is 0 Å². The Bertz CT molecular complexity index is 1060.